The maximum atomic E-state index is 4.66. The van der Waals surface area contributed by atoms with Crippen molar-refractivity contribution in [1.29, 1.82) is 0 Å². The molecule has 1 aromatic carbocycles. The van der Waals surface area contributed by atoms with Gasteiger partial charge in [0.25, 0.3) is 6.33 Å². The monoisotopic (exact) mass is 269 g/mol. The fourth-order valence-corrected chi connectivity index (χ4v) is 2.56. The molecule has 106 valence electrons. The number of nitrogens with zero attached hydrogens (tertiary/aromatic N) is 2. The van der Waals surface area contributed by atoms with Crippen molar-refractivity contribution in [2.75, 3.05) is 0 Å². The molecule has 2 rings (SSSR count). The molecule has 0 amide bonds. The molecule has 0 aliphatic heterocycles. The van der Waals surface area contributed by atoms with Crippen LogP contribution in [0.1, 0.15) is 56.4 Å². The smallest absolute Gasteiger partial charge is 0.237 e. The Morgan fingerprint density at radius 1 is 1.00 bits per heavy atom. The molecule has 1 heterocycles. The second kappa shape index (κ2) is 5.74. The number of aryl methyl sites for hydroxylation is 2. The van der Waals surface area contributed by atoms with Crippen LogP contribution in [0.3, 0.4) is 0 Å². The van der Waals surface area contributed by atoms with E-state index in [1.54, 1.807) is 0 Å². The Hall–Kier alpha value is -1.70. The van der Waals surface area contributed by atoms with Gasteiger partial charge in [0.15, 0.2) is 5.69 Å². The molecule has 0 unspecified atom stereocenters. The molecule has 0 saturated heterocycles. The van der Waals surface area contributed by atoms with E-state index in [2.05, 4.69) is 68.4 Å². The predicted octanol–water partition coefficient (Wildman–Crippen LogP) is 4.13. The highest BCUT2D eigenvalue weighted by Crippen LogP contribution is 2.34. The molecule has 2 heteroatoms. The lowest BCUT2D eigenvalue weighted by Gasteiger charge is -2.17. The van der Waals surface area contributed by atoms with Gasteiger partial charge in [-0.1, -0.05) is 45.9 Å². The van der Waals surface area contributed by atoms with E-state index in [4.69, 9.17) is 0 Å². The zero-order valence-corrected chi connectivity index (χ0v) is 13.4. The molecule has 0 fully saturated rings. The van der Waals surface area contributed by atoms with Crippen LogP contribution in [0.4, 0.5) is 0 Å². The second-order valence-electron chi connectivity index (χ2n) is 6.15. The zero-order chi connectivity index (χ0) is 14.9. The topological polar surface area (TPSA) is 16.8 Å². The molecule has 0 saturated carbocycles. The number of hydrogen-bond donors (Lipinski definition) is 0. The molecule has 20 heavy (non-hydrogen) atoms. The Morgan fingerprint density at radius 2 is 1.55 bits per heavy atom. The van der Waals surface area contributed by atoms with Gasteiger partial charge in [0.05, 0.1) is 7.05 Å². The average Bonchev–Trinajstić information content (AvgIpc) is 2.41. The zero-order valence-electron chi connectivity index (χ0n) is 13.4. The molecule has 0 spiro atoms. The Morgan fingerprint density at radius 3 is 2.00 bits per heavy atom. The van der Waals surface area contributed by atoms with E-state index < -0.39 is 0 Å². The first-order valence-electron chi connectivity index (χ1n) is 7.37. The highest BCUT2D eigenvalue weighted by molar-refractivity contribution is 5.69. The quantitative estimate of drug-likeness (QED) is 0.766. The van der Waals surface area contributed by atoms with E-state index in [0.29, 0.717) is 11.8 Å². The van der Waals surface area contributed by atoms with Gasteiger partial charge in [0.1, 0.15) is 5.69 Å². The van der Waals surface area contributed by atoms with E-state index >= 15 is 0 Å². The molecule has 2 aromatic rings. The van der Waals surface area contributed by atoms with Gasteiger partial charge in [0.2, 0.25) is 0 Å². The summed E-state index contributed by atoms with van der Waals surface area (Å²) in [5, 5.41) is 0. The van der Waals surface area contributed by atoms with Crippen LogP contribution < -0.4 is 4.57 Å². The fourth-order valence-electron chi connectivity index (χ4n) is 2.56. The minimum atomic E-state index is 0.500. The van der Waals surface area contributed by atoms with Crippen molar-refractivity contribution >= 4 is 0 Å². The van der Waals surface area contributed by atoms with Crippen molar-refractivity contribution in [3.8, 4) is 11.3 Å². The number of rotatable bonds is 3. The van der Waals surface area contributed by atoms with E-state index in [0.717, 1.165) is 5.69 Å². The predicted molar refractivity (Wildman–Crippen MR) is 83.8 cm³/mol. The van der Waals surface area contributed by atoms with Crippen molar-refractivity contribution in [1.82, 2.24) is 4.98 Å². The van der Waals surface area contributed by atoms with Gasteiger partial charge in [-0.2, -0.15) is 0 Å². The Labute approximate surface area is 122 Å². The summed E-state index contributed by atoms with van der Waals surface area (Å²) in [6.07, 6.45) is 1.91. The van der Waals surface area contributed by atoms with Crippen LogP contribution in [0.2, 0.25) is 0 Å². The Balaban J connectivity index is 2.72. The second-order valence-corrected chi connectivity index (χ2v) is 6.15. The van der Waals surface area contributed by atoms with Gasteiger partial charge in [-0.3, -0.25) is 0 Å². The van der Waals surface area contributed by atoms with Gasteiger partial charge in [-0.05, 0) is 34.9 Å². The van der Waals surface area contributed by atoms with Crippen LogP contribution in [0.25, 0.3) is 11.3 Å². The van der Waals surface area contributed by atoms with Crippen LogP contribution in [-0.2, 0) is 7.05 Å². The molecule has 0 aliphatic rings. The molecule has 0 atom stereocenters. The molecule has 0 aliphatic carbocycles. The van der Waals surface area contributed by atoms with Gasteiger partial charge < -0.3 is 0 Å². The molecule has 2 nitrogen and oxygen atoms in total. The van der Waals surface area contributed by atoms with Gasteiger partial charge >= 0.3 is 0 Å². The van der Waals surface area contributed by atoms with E-state index in [1.807, 2.05) is 13.4 Å². The number of benzene rings is 1. The third-order valence-electron chi connectivity index (χ3n) is 3.90. The van der Waals surface area contributed by atoms with Crippen molar-refractivity contribution in [2.24, 2.45) is 7.05 Å². The van der Waals surface area contributed by atoms with Gasteiger partial charge in [-0.15, -0.1) is 0 Å². The van der Waals surface area contributed by atoms with Crippen LogP contribution in [0, 0.1) is 6.92 Å². The summed E-state index contributed by atoms with van der Waals surface area (Å²) >= 11 is 0. The first kappa shape index (κ1) is 14.7. The molecule has 0 N–H and O–H groups in total. The summed E-state index contributed by atoms with van der Waals surface area (Å²) in [7, 11) is 2.03. The lowest BCUT2D eigenvalue weighted by atomic mass is 9.87. The fraction of sp³-hybridized carbons (Fsp3) is 0.444. The van der Waals surface area contributed by atoms with Crippen LogP contribution in [0.15, 0.2) is 30.6 Å². The first-order valence-corrected chi connectivity index (χ1v) is 7.37. The minimum Gasteiger partial charge on any atom is -0.237 e. The Kier molecular flexibility index (Phi) is 4.22. The van der Waals surface area contributed by atoms with E-state index in [9.17, 15) is 0 Å². The molecular formula is C18H25N2+. The van der Waals surface area contributed by atoms with Crippen molar-refractivity contribution in [3.05, 3.63) is 47.4 Å². The maximum absolute atomic E-state index is 4.66. The van der Waals surface area contributed by atoms with Gasteiger partial charge in [-0.25, -0.2) is 4.57 Å². The van der Waals surface area contributed by atoms with E-state index in [1.165, 1.54) is 22.4 Å². The summed E-state index contributed by atoms with van der Waals surface area (Å²) in [5.74, 6) is 1.000. The lowest BCUT2D eigenvalue weighted by molar-refractivity contribution is -0.680. The third kappa shape index (κ3) is 2.74. The van der Waals surface area contributed by atoms with E-state index in [-0.39, 0.29) is 0 Å². The SMILES string of the molecule is Cc1cc(-c2c(C(C)C)cccc2C(C)C)nc[n+]1C. The molecule has 0 radical (unpaired) electrons. The first-order chi connectivity index (χ1) is 9.41. The number of hydrogen-bond acceptors (Lipinski definition) is 1. The lowest BCUT2D eigenvalue weighted by Crippen LogP contribution is -2.32. The minimum absolute atomic E-state index is 0.500. The number of aromatic nitrogens is 2. The van der Waals surface area contributed by atoms with Crippen LogP contribution >= 0.6 is 0 Å². The molecule has 1 aromatic heterocycles. The van der Waals surface area contributed by atoms with Crippen molar-refractivity contribution in [2.45, 2.75) is 46.5 Å². The maximum Gasteiger partial charge on any atom is 0.286 e. The van der Waals surface area contributed by atoms with Gasteiger partial charge in [0, 0.05) is 11.6 Å². The largest absolute Gasteiger partial charge is 0.286 e. The Bertz CT molecular complexity index is 587. The average molecular weight is 269 g/mol. The normalized spacial score (nSPS) is 11.4. The summed E-state index contributed by atoms with van der Waals surface area (Å²) in [4.78, 5) is 4.66. The van der Waals surface area contributed by atoms with Crippen molar-refractivity contribution < 1.29 is 4.57 Å². The van der Waals surface area contributed by atoms with Crippen LogP contribution in [0.5, 0.6) is 0 Å². The summed E-state index contributed by atoms with van der Waals surface area (Å²) in [6, 6.07) is 8.82. The standard InChI is InChI=1S/C18H25N2/c1-12(2)15-8-7-9-16(13(3)4)18(15)17-10-14(5)20(6)11-19-17/h7-13H,1-6H3/q+1. The molecular weight excluding hydrogens is 244 g/mol. The highest BCUT2D eigenvalue weighted by Gasteiger charge is 2.19. The summed E-state index contributed by atoms with van der Waals surface area (Å²) in [6.45, 7) is 11.1. The van der Waals surface area contributed by atoms with Crippen molar-refractivity contribution in [3.63, 3.8) is 0 Å². The highest BCUT2D eigenvalue weighted by atomic mass is 15.0. The molecule has 0 bridgehead atoms. The summed E-state index contributed by atoms with van der Waals surface area (Å²) in [5.41, 5.74) is 6.41. The summed E-state index contributed by atoms with van der Waals surface area (Å²) < 4.78 is 2.05. The van der Waals surface area contributed by atoms with Crippen LogP contribution in [-0.4, -0.2) is 4.98 Å². The third-order valence-corrected chi connectivity index (χ3v) is 3.90.